The minimum Gasteiger partial charge on any atom is -0.507 e. The molecule has 8 heteroatoms. The number of aliphatic hydroxyl groups is 1. The number of rotatable bonds is 4. The Labute approximate surface area is 169 Å². The average Bonchev–Trinajstić information content (AvgIpc) is 3.42. The molecular weight excluding hydrogens is 405 g/mol. The number of carbonyl (C=O) groups excluding carboxylic acids is 2. The molecule has 3 aromatic rings. The van der Waals surface area contributed by atoms with Crippen molar-refractivity contribution in [3.05, 3.63) is 87.7 Å². The predicted molar refractivity (Wildman–Crippen MR) is 102 cm³/mol. The molecule has 0 spiro atoms. The number of hydrogen-bond donors (Lipinski definition) is 1. The molecule has 1 N–H and O–H groups in total. The third-order valence-corrected chi connectivity index (χ3v) is 5.19. The molecule has 1 amide bonds. The summed E-state index contributed by atoms with van der Waals surface area (Å²) in [7, 11) is 0. The second-order valence-corrected chi connectivity index (χ2v) is 6.97. The molecule has 6 nitrogen and oxygen atoms in total. The van der Waals surface area contributed by atoms with Crippen LogP contribution in [0.3, 0.4) is 0 Å². The lowest BCUT2D eigenvalue weighted by Gasteiger charge is -2.22. The van der Waals surface area contributed by atoms with Gasteiger partial charge < -0.3 is 18.8 Å². The van der Waals surface area contributed by atoms with Gasteiger partial charge in [-0.3, -0.25) is 9.59 Å². The van der Waals surface area contributed by atoms with Crippen molar-refractivity contribution >= 4 is 40.7 Å². The summed E-state index contributed by atoms with van der Waals surface area (Å²) in [6.45, 7) is 0.0428. The van der Waals surface area contributed by atoms with Gasteiger partial charge in [-0.2, -0.15) is 0 Å². The van der Waals surface area contributed by atoms with Crippen LogP contribution in [0.15, 0.2) is 69.4 Å². The van der Waals surface area contributed by atoms with Gasteiger partial charge in [-0.15, -0.1) is 0 Å². The van der Waals surface area contributed by atoms with Crippen LogP contribution in [0, 0.1) is 0 Å². The van der Waals surface area contributed by atoms with Gasteiger partial charge in [-0.25, -0.2) is 0 Å². The molecule has 0 radical (unpaired) electrons. The third-order valence-electron chi connectivity index (χ3n) is 4.45. The van der Waals surface area contributed by atoms with Crippen molar-refractivity contribution in [2.75, 3.05) is 0 Å². The van der Waals surface area contributed by atoms with E-state index in [4.69, 9.17) is 32.0 Å². The maximum absolute atomic E-state index is 12.8. The molecule has 0 aliphatic carbocycles. The van der Waals surface area contributed by atoms with E-state index in [1.54, 1.807) is 24.3 Å². The Morgan fingerprint density at radius 2 is 1.79 bits per heavy atom. The van der Waals surface area contributed by atoms with Gasteiger partial charge >= 0.3 is 0 Å². The molecule has 1 fully saturated rings. The number of aliphatic hydroxyl groups excluding tert-OH is 1. The number of halogens is 2. The SMILES string of the molecule is O=C1C(=O)N(Cc2ccco2)C(c2ccco2)/C1=C(/O)c1ccc(Cl)c(Cl)c1. The number of furan rings is 2. The molecular formula is C20H13Cl2NO5. The maximum Gasteiger partial charge on any atom is 0.296 e. The predicted octanol–water partition coefficient (Wildman–Crippen LogP) is 4.80. The van der Waals surface area contributed by atoms with Crippen molar-refractivity contribution < 1.29 is 23.5 Å². The van der Waals surface area contributed by atoms with E-state index in [0.29, 0.717) is 16.5 Å². The first-order valence-corrected chi connectivity index (χ1v) is 9.02. The quantitative estimate of drug-likeness (QED) is 0.374. The largest absolute Gasteiger partial charge is 0.507 e. The molecule has 142 valence electrons. The lowest BCUT2D eigenvalue weighted by molar-refractivity contribution is -0.140. The molecule has 28 heavy (non-hydrogen) atoms. The minimum absolute atomic E-state index is 0.0428. The van der Waals surface area contributed by atoms with E-state index in [1.165, 1.54) is 35.6 Å². The van der Waals surface area contributed by atoms with Gasteiger partial charge in [0.15, 0.2) is 0 Å². The van der Waals surface area contributed by atoms with E-state index >= 15 is 0 Å². The van der Waals surface area contributed by atoms with E-state index in [1.807, 2.05) is 0 Å². The molecule has 2 aromatic heterocycles. The standard InChI is InChI=1S/C20H13Cl2NO5/c21-13-6-5-11(9-14(13)22)18(24)16-17(15-4-2-8-28-15)23(20(26)19(16)25)10-12-3-1-7-27-12/h1-9,17,24H,10H2/b18-16-. The van der Waals surface area contributed by atoms with Crippen LogP contribution in [0.4, 0.5) is 0 Å². The van der Waals surface area contributed by atoms with E-state index in [9.17, 15) is 14.7 Å². The van der Waals surface area contributed by atoms with E-state index in [0.717, 1.165) is 0 Å². The highest BCUT2D eigenvalue weighted by atomic mass is 35.5. The Morgan fingerprint density at radius 1 is 1.04 bits per heavy atom. The molecule has 3 heterocycles. The lowest BCUT2D eigenvalue weighted by Crippen LogP contribution is -2.28. The van der Waals surface area contributed by atoms with Gasteiger partial charge in [0.2, 0.25) is 0 Å². The normalized spacial score (nSPS) is 18.8. The summed E-state index contributed by atoms with van der Waals surface area (Å²) < 4.78 is 10.8. The number of likely N-dealkylation sites (tertiary alicyclic amines) is 1. The average molecular weight is 418 g/mol. The zero-order valence-corrected chi connectivity index (χ0v) is 15.8. The number of carbonyl (C=O) groups is 2. The molecule has 1 aromatic carbocycles. The van der Waals surface area contributed by atoms with Crippen LogP contribution in [-0.4, -0.2) is 21.7 Å². The summed E-state index contributed by atoms with van der Waals surface area (Å²) in [6.07, 6.45) is 2.91. The second kappa shape index (κ2) is 7.22. The van der Waals surface area contributed by atoms with Crippen molar-refractivity contribution in [1.29, 1.82) is 0 Å². The first-order chi connectivity index (χ1) is 13.5. The Morgan fingerprint density at radius 3 is 2.43 bits per heavy atom. The highest BCUT2D eigenvalue weighted by Gasteiger charge is 2.47. The van der Waals surface area contributed by atoms with Crippen molar-refractivity contribution in [2.45, 2.75) is 12.6 Å². The highest BCUT2D eigenvalue weighted by Crippen LogP contribution is 2.41. The van der Waals surface area contributed by atoms with Crippen molar-refractivity contribution in [2.24, 2.45) is 0 Å². The number of benzene rings is 1. The second-order valence-electron chi connectivity index (χ2n) is 6.15. The van der Waals surface area contributed by atoms with Crippen LogP contribution in [0.25, 0.3) is 5.76 Å². The zero-order chi connectivity index (χ0) is 19.8. The molecule has 1 aliphatic rings. The fraction of sp³-hybridized carbons (Fsp3) is 0.100. The zero-order valence-electron chi connectivity index (χ0n) is 14.3. The molecule has 1 unspecified atom stereocenters. The number of hydrogen-bond acceptors (Lipinski definition) is 5. The number of nitrogens with zero attached hydrogens (tertiary/aromatic N) is 1. The van der Waals surface area contributed by atoms with E-state index in [-0.39, 0.29) is 28.5 Å². The summed E-state index contributed by atoms with van der Waals surface area (Å²) in [5, 5.41) is 11.4. The van der Waals surface area contributed by atoms with Gasteiger partial charge in [0, 0.05) is 5.56 Å². The Bertz CT molecular complexity index is 1070. The molecule has 1 aliphatic heterocycles. The van der Waals surface area contributed by atoms with Crippen LogP contribution in [-0.2, 0) is 16.1 Å². The van der Waals surface area contributed by atoms with Gasteiger partial charge in [-0.1, -0.05) is 23.2 Å². The Balaban J connectivity index is 1.85. The molecule has 1 saturated heterocycles. The molecule has 1 atom stereocenters. The van der Waals surface area contributed by atoms with Crippen molar-refractivity contribution in [3.8, 4) is 0 Å². The third kappa shape index (κ3) is 3.10. The van der Waals surface area contributed by atoms with E-state index < -0.39 is 17.7 Å². The summed E-state index contributed by atoms with van der Waals surface area (Å²) in [5.41, 5.74) is 0.173. The van der Waals surface area contributed by atoms with Crippen LogP contribution >= 0.6 is 23.2 Å². The topological polar surface area (TPSA) is 83.9 Å². The summed E-state index contributed by atoms with van der Waals surface area (Å²) in [5.74, 6) is -1.11. The first kappa shape index (κ1) is 18.4. The number of Topliss-reactive ketones (excluding diaryl/α,β-unsaturated/α-hetero) is 1. The summed E-state index contributed by atoms with van der Waals surface area (Å²) in [4.78, 5) is 26.8. The smallest absolute Gasteiger partial charge is 0.296 e. The van der Waals surface area contributed by atoms with Gasteiger partial charge in [0.05, 0.1) is 34.7 Å². The van der Waals surface area contributed by atoms with Crippen molar-refractivity contribution in [1.82, 2.24) is 4.90 Å². The maximum atomic E-state index is 12.8. The fourth-order valence-corrected chi connectivity index (χ4v) is 3.45. The first-order valence-electron chi connectivity index (χ1n) is 8.27. The van der Waals surface area contributed by atoms with Crippen LogP contribution in [0.5, 0.6) is 0 Å². The van der Waals surface area contributed by atoms with Gasteiger partial charge in [0.1, 0.15) is 23.3 Å². The minimum atomic E-state index is -0.908. The monoisotopic (exact) mass is 417 g/mol. The van der Waals surface area contributed by atoms with Crippen LogP contribution in [0.1, 0.15) is 23.1 Å². The van der Waals surface area contributed by atoms with Gasteiger partial charge in [0.25, 0.3) is 11.7 Å². The Kier molecular flexibility index (Phi) is 4.75. The molecule has 0 saturated carbocycles. The number of ketones is 1. The van der Waals surface area contributed by atoms with Crippen molar-refractivity contribution in [3.63, 3.8) is 0 Å². The van der Waals surface area contributed by atoms with E-state index in [2.05, 4.69) is 0 Å². The summed E-state index contributed by atoms with van der Waals surface area (Å²) >= 11 is 12.0. The highest BCUT2D eigenvalue weighted by molar-refractivity contribution is 6.46. The van der Waals surface area contributed by atoms with Crippen LogP contribution < -0.4 is 0 Å². The summed E-state index contributed by atoms with van der Waals surface area (Å²) in [6, 6.07) is 10.2. The molecule has 4 rings (SSSR count). The number of amides is 1. The van der Waals surface area contributed by atoms with Gasteiger partial charge in [-0.05, 0) is 42.5 Å². The van der Waals surface area contributed by atoms with Crippen LogP contribution in [0.2, 0.25) is 10.0 Å². The molecule has 0 bridgehead atoms. The fourth-order valence-electron chi connectivity index (χ4n) is 3.16. The Hall–Kier alpha value is -2.96. The lowest BCUT2D eigenvalue weighted by atomic mass is 9.99.